The highest BCUT2D eigenvalue weighted by Gasteiger charge is 2.71. The van der Waals surface area contributed by atoms with Crippen molar-refractivity contribution in [2.45, 2.75) is 61.4 Å². The van der Waals surface area contributed by atoms with Crippen LogP contribution < -0.4 is 0 Å². The molecule has 1 aliphatic carbocycles. The summed E-state index contributed by atoms with van der Waals surface area (Å²) in [5, 5.41) is 9.82. The third-order valence-electron chi connectivity index (χ3n) is 9.11. The van der Waals surface area contributed by atoms with E-state index in [1.54, 1.807) is 17.0 Å². The zero-order valence-corrected chi connectivity index (χ0v) is 22.7. The molecule has 0 spiro atoms. The zero-order chi connectivity index (χ0) is 30.5. The molecule has 3 aromatic rings. The van der Waals surface area contributed by atoms with Crippen LogP contribution in [0.25, 0.3) is 0 Å². The van der Waals surface area contributed by atoms with Gasteiger partial charge in [-0.15, -0.1) is 0 Å². The molecule has 3 nitrogen and oxygen atoms in total. The van der Waals surface area contributed by atoms with Gasteiger partial charge in [-0.1, -0.05) is 73.7 Å². The van der Waals surface area contributed by atoms with Gasteiger partial charge in [-0.2, -0.15) is 26.3 Å². The Labute approximate surface area is 239 Å². The van der Waals surface area contributed by atoms with Crippen LogP contribution in [0.1, 0.15) is 60.3 Å². The minimum absolute atomic E-state index is 0.0515. The van der Waals surface area contributed by atoms with E-state index in [4.69, 9.17) is 0 Å². The number of hydrogen-bond donors (Lipinski definition) is 1. The molecule has 5 rings (SSSR count). The van der Waals surface area contributed by atoms with Crippen molar-refractivity contribution in [1.29, 1.82) is 0 Å². The maximum absolute atomic E-state index is 13.8. The van der Waals surface area contributed by atoms with Crippen LogP contribution in [0.5, 0.6) is 0 Å². The average Bonchev–Trinajstić information content (AvgIpc) is 3.58. The highest BCUT2D eigenvalue weighted by atomic mass is 19.4. The SMILES string of the molecule is C[C@]1(c2ccc(F)cc2)CN(C(=O)C2CCC(c3ccccc3)C2)C[C@H]1c1ccc(C(O)(C(F)(F)F)C(F)(F)F)cc1. The van der Waals surface area contributed by atoms with Gasteiger partial charge in [0.2, 0.25) is 5.91 Å². The maximum atomic E-state index is 13.8. The van der Waals surface area contributed by atoms with Crippen molar-refractivity contribution in [1.82, 2.24) is 4.90 Å². The second kappa shape index (κ2) is 10.7. The number of likely N-dealkylation sites (tertiary alicyclic amines) is 1. The average molecular weight is 594 g/mol. The second-order valence-electron chi connectivity index (χ2n) is 11.6. The van der Waals surface area contributed by atoms with E-state index in [0.717, 1.165) is 18.6 Å². The first-order valence-electron chi connectivity index (χ1n) is 13.7. The number of amides is 1. The lowest BCUT2D eigenvalue weighted by atomic mass is 9.71. The van der Waals surface area contributed by atoms with Crippen LogP contribution in [0.3, 0.4) is 0 Å². The van der Waals surface area contributed by atoms with Gasteiger partial charge in [0.05, 0.1) is 0 Å². The summed E-state index contributed by atoms with van der Waals surface area (Å²) in [6, 6.07) is 19.2. The topological polar surface area (TPSA) is 40.5 Å². The van der Waals surface area contributed by atoms with Crippen molar-refractivity contribution in [2.24, 2.45) is 5.92 Å². The van der Waals surface area contributed by atoms with Crippen molar-refractivity contribution in [2.75, 3.05) is 13.1 Å². The lowest BCUT2D eigenvalue weighted by molar-refractivity contribution is -0.376. The molecule has 2 unspecified atom stereocenters. The molecule has 0 radical (unpaired) electrons. The van der Waals surface area contributed by atoms with Gasteiger partial charge < -0.3 is 10.0 Å². The monoisotopic (exact) mass is 593 g/mol. The van der Waals surface area contributed by atoms with Gasteiger partial charge in [-0.25, -0.2) is 4.39 Å². The Hall–Kier alpha value is -3.40. The number of carbonyl (C=O) groups is 1. The molecule has 2 aliphatic rings. The standard InChI is InChI=1S/C32H30F7NO2/c1-29(24-13-15-26(33)16-14-24)19-40(28(41)23-8-7-22(17-23)20-5-3-2-4-6-20)18-27(29)21-9-11-25(12-10-21)30(42,31(34,35)36)32(37,38)39/h2-6,9-16,22-23,27,42H,7-8,17-19H2,1H3/t22?,23?,27-,29+/m0/s1. The summed E-state index contributed by atoms with van der Waals surface area (Å²) in [7, 11) is 0. The van der Waals surface area contributed by atoms with E-state index in [9.17, 15) is 40.6 Å². The first-order chi connectivity index (χ1) is 19.6. The Bertz CT molecular complexity index is 1390. The summed E-state index contributed by atoms with van der Waals surface area (Å²) in [5.41, 5.74) is -4.94. The fraction of sp³-hybridized carbons (Fsp3) is 0.406. The fourth-order valence-electron chi connectivity index (χ4n) is 6.69. The molecule has 2 fully saturated rings. The van der Waals surface area contributed by atoms with Gasteiger partial charge in [0.15, 0.2) is 0 Å². The number of aliphatic hydroxyl groups is 1. The van der Waals surface area contributed by atoms with Crippen molar-refractivity contribution in [3.63, 3.8) is 0 Å². The number of rotatable bonds is 5. The molecule has 4 atom stereocenters. The van der Waals surface area contributed by atoms with Gasteiger partial charge >= 0.3 is 12.4 Å². The summed E-state index contributed by atoms with van der Waals surface area (Å²) in [6.45, 7) is 2.28. The quantitative estimate of drug-likeness (QED) is 0.310. The van der Waals surface area contributed by atoms with Gasteiger partial charge in [0.25, 0.3) is 5.60 Å². The molecular weight excluding hydrogens is 563 g/mol. The van der Waals surface area contributed by atoms with Crippen molar-refractivity contribution >= 4 is 5.91 Å². The van der Waals surface area contributed by atoms with Crippen molar-refractivity contribution in [3.05, 3.63) is 107 Å². The minimum atomic E-state index is -6.00. The van der Waals surface area contributed by atoms with Crippen LogP contribution in [-0.4, -0.2) is 41.4 Å². The molecule has 3 aromatic carbocycles. The molecular formula is C32H30F7NO2. The number of halogens is 7. The number of hydrogen-bond acceptors (Lipinski definition) is 2. The van der Waals surface area contributed by atoms with Gasteiger partial charge in [-0.05, 0) is 54.0 Å². The summed E-state index contributed by atoms with van der Waals surface area (Å²) in [5.74, 6) is -1.01. The smallest absolute Gasteiger partial charge is 0.369 e. The lowest BCUT2D eigenvalue weighted by Crippen LogP contribution is -2.53. The molecule has 1 heterocycles. The summed E-state index contributed by atoms with van der Waals surface area (Å²) < 4.78 is 94.4. The summed E-state index contributed by atoms with van der Waals surface area (Å²) in [6.07, 6.45) is -9.75. The van der Waals surface area contributed by atoms with E-state index in [-0.39, 0.29) is 30.8 Å². The van der Waals surface area contributed by atoms with Crippen molar-refractivity contribution < 1.29 is 40.6 Å². The molecule has 224 valence electrons. The van der Waals surface area contributed by atoms with E-state index < -0.39 is 40.7 Å². The fourth-order valence-corrected chi connectivity index (χ4v) is 6.69. The van der Waals surface area contributed by atoms with Crippen LogP contribution in [0, 0.1) is 11.7 Å². The molecule has 1 aliphatic heterocycles. The van der Waals surface area contributed by atoms with Gasteiger partial charge in [0.1, 0.15) is 5.82 Å². The molecule has 1 saturated carbocycles. The van der Waals surface area contributed by atoms with E-state index in [2.05, 4.69) is 0 Å². The van der Waals surface area contributed by atoms with Crippen LogP contribution in [0.2, 0.25) is 0 Å². The molecule has 0 bridgehead atoms. The third-order valence-corrected chi connectivity index (χ3v) is 9.11. The van der Waals surface area contributed by atoms with E-state index in [0.29, 0.717) is 36.1 Å². The maximum Gasteiger partial charge on any atom is 0.430 e. The Morgan fingerprint density at radius 2 is 1.43 bits per heavy atom. The van der Waals surface area contributed by atoms with Gasteiger partial charge in [-0.3, -0.25) is 4.79 Å². The summed E-state index contributed by atoms with van der Waals surface area (Å²) >= 11 is 0. The van der Waals surface area contributed by atoms with E-state index >= 15 is 0 Å². The van der Waals surface area contributed by atoms with E-state index in [1.807, 2.05) is 37.3 Å². The number of benzene rings is 3. The largest absolute Gasteiger partial charge is 0.430 e. The van der Waals surface area contributed by atoms with Crippen molar-refractivity contribution in [3.8, 4) is 0 Å². The normalized spacial score (nSPS) is 25.2. The molecule has 10 heteroatoms. The number of carbonyl (C=O) groups excluding carboxylic acids is 1. The Morgan fingerprint density at radius 3 is 2.00 bits per heavy atom. The second-order valence-corrected chi connectivity index (χ2v) is 11.6. The Morgan fingerprint density at radius 1 is 0.833 bits per heavy atom. The Kier molecular flexibility index (Phi) is 7.66. The van der Waals surface area contributed by atoms with Crippen LogP contribution in [-0.2, 0) is 15.8 Å². The minimum Gasteiger partial charge on any atom is -0.369 e. The third kappa shape index (κ3) is 5.18. The zero-order valence-electron chi connectivity index (χ0n) is 22.7. The molecule has 42 heavy (non-hydrogen) atoms. The molecule has 1 N–H and O–H groups in total. The summed E-state index contributed by atoms with van der Waals surface area (Å²) in [4.78, 5) is 15.5. The number of nitrogens with zero attached hydrogens (tertiary/aromatic N) is 1. The van der Waals surface area contributed by atoms with Crippen LogP contribution in [0.15, 0.2) is 78.9 Å². The Balaban J connectivity index is 1.45. The predicted molar refractivity (Wildman–Crippen MR) is 142 cm³/mol. The van der Waals surface area contributed by atoms with Crippen LogP contribution in [0.4, 0.5) is 30.7 Å². The highest BCUT2D eigenvalue weighted by molar-refractivity contribution is 5.80. The first-order valence-corrected chi connectivity index (χ1v) is 13.7. The van der Waals surface area contributed by atoms with E-state index in [1.165, 1.54) is 17.7 Å². The predicted octanol–water partition coefficient (Wildman–Crippen LogP) is 7.61. The van der Waals surface area contributed by atoms with Crippen LogP contribution >= 0.6 is 0 Å². The molecule has 1 amide bonds. The molecule has 0 aromatic heterocycles. The lowest BCUT2D eigenvalue weighted by Gasteiger charge is -2.34. The first kappa shape index (κ1) is 30.1. The molecule has 1 saturated heterocycles. The number of alkyl halides is 6. The highest BCUT2D eigenvalue weighted by Crippen LogP contribution is 2.51. The van der Waals surface area contributed by atoms with Gasteiger partial charge in [0, 0.05) is 35.9 Å².